The lowest BCUT2D eigenvalue weighted by molar-refractivity contribution is 0.0988. The van der Waals surface area contributed by atoms with Crippen LogP contribution in [0.1, 0.15) is 34.1 Å². The first-order chi connectivity index (χ1) is 6.54. The highest BCUT2D eigenvalue weighted by Gasteiger charge is 2.09. The van der Waals surface area contributed by atoms with Crippen LogP contribution in [-0.4, -0.2) is 11.0 Å². The summed E-state index contributed by atoms with van der Waals surface area (Å²) in [5, 5.41) is -0.559. The van der Waals surface area contributed by atoms with Crippen molar-refractivity contribution in [3.05, 3.63) is 33.8 Å². The summed E-state index contributed by atoms with van der Waals surface area (Å²) in [6, 6.07) is 4.77. The van der Waals surface area contributed by atoms with E-state index in [9.17, 15) is 9.59 Å². The zero-order valence-corrected chi connectivity index (χ0v) is 9.85. The number of hydrogen-bond acceptors (Lipinski definition) is 2. The Labute approximate surface area is 95.4 Å². The SMILES string of the molecule is CCC(=O)c1cc(Br)cc(C(=O)Cl)c1. The molecule has 0 aromatic heterocycles. The van der Waals surface area contributed by atoms with E-state index in [1.165, 1.54) is 6.07 Å². The minimum absolute atomic E-state index is 0.00883. The van der Waals surface area contributed by atoms with Crippen molar-refractivity contribution in [2.45, 2.75) is 13.3 Å². The van der Waals surface area contributed by atoms with E-state index >= 15 is 0 Å². The number of carbonyl (C=O) groups is 2. The second-order valence-electron chi connectivity index (χ2n) is 2.78. The molecule has 14 heavy (non-hydrogen) atoms. The number of ketones is 1. The zero-order chi connectivity index (χ0) is 10.7. The van der Waals surface area contributed by atoms with Gasteiger partial charge in [-0.1, -0.05) is 22.9 Å². The average molecular weight is 276 g/mol. The van der Waals surface area contributed by atoms with Gasteiger partial charge in [-0.2, -0.15) is 0 Å². The van der Waals surface area contributed by atoms with Gasteiger partial charge in [0.2, 0.25) is 0 Å². The number of Topliss-reactive ketones (excluding diaryl/α,β-unsaturated/α-hetero) is 1. The third-order valence-electron chi connectivity index (χ3n) is 1.77. The maximum absolute atomic E-state index is 11.4. The summed E-state index contributed by atoms with van der Waals surface area (Å²) in [5.74, 6) is -0.00883. The fourth-order valence-corrected chi connectivity index (χ4v) is 1.67. The highest BCUT2D eigenvalue weighted by atomic mass is 79.9. The predicted molar refractivity (Wildman–Crippen MR) is 58.9 cm³/mol. The molecular weight excluding hydrogens is 267 g/mol. The number of hydrogen-bond donors (Lipinski definition) is 0. The van der Waals surface area contributed by atoms with Crippen LogP contribution in [0.5, 0.6) is 0 Å². The molecule has 0 aliphatic carbocycles. The minimum Gasteiger partial charge on any atom is -0.294 e. The van der Waals surface area contributed by atoms with Gasteiger partial charge in [0.15, 0.2) is 5.78 Å². The van der Waals surface area contributed by atoms with E-state index in [-0.39, 0.29) is 5.78 Å². The molecule has 1 rings (SSSR count). The number of benzene rings is 1. The highest BCUT2D eigenvalue weighted by Crippen LogP contribution is 2.18. The standard InChI is InChI=1S/C10H8BrClO2/c1-2-9(13)6-3-7(10(12)14)5-8(11)4-6/h3-5H,2H2,1H3. The van der Waals surface area contributed by atoms with Crippen LogP contribution in [0.4, 0.5) is 0 Å². The Balaban J connectivity index is 3.20. The molecule has 0 amide bonds. The molecule has 0 saturated heterocycles. The Morgan fingerprint density at radius 2 is 1.86 bits per heavy atom. The van der Waals surface area contributed by atoms with Crippen molar-refractivity contribution in [2.75, 3.05) is 0 Å². The van der Waals surface area contributed by atoms with Crippen molar-refractivity contribution in [3.8, 4) is 0 Å². The van der Waals surface area contributed by atoms with Crippen molar-refractivity contribution in [1.82, 2.24) is 0 Å². The maximum Gasteiger partial charge on any atom is 0.252 e. The summed E-state index contributed by atoms with van der Waals surface area (Å²) in [6.45, 7) is 1.77. The lowest BCUT2D eigenvalue weighted by Crippen LogP contribution is -1.99. The molecule has 0 radical (unpaired) electrons. The molecule has 0 fully saturated rings. The van der Waals surface area contributed by atoms with Crippen molar-refractivity contribution >= 4 is 38.6 Å². The fraction of sp³-hybridized carbons (Fsp3) is 0.200. The fourth-order valence-electron chi connectivity index (χ4n) is 1.07. The van der Waals surface area contributed by atoms with Crippen molar-refractivity contribution in [3.63, 3.8) is 0 Å². The number of rotatable bonds is 3. The van der Waals surface area contributed by atoms with Gasteiger partial charge < -0.3 is 0 Å². The van der Waals surface area contributed by atoms with Gasteiger partial charge in [-0.3, -0.25) is 9.59 Å². The number of carbonyl (C=O) groups excluding carboxylic acids is 2. The zero-order valence-electron chi connectivity index (χ0n) is 7.51. The largest absolute Gasteiger partial charge is 0.294 e. The maximum atomic E-state index is 11.4. The molecule has 1 aromatic rings. The van der Waals surface area contributed by atoms with E-state index in [0.717, 1.165) is 0 Å². The van der Waals surface area contributed by atoms with E-state index in [1.807, 2.05) is 0 Å². The first kappa shape index (κ1) is 11.4. The van der Waals surface area contributed by atoms with Crippen LogP contribution >= 0.6 is 27.5 Å². The Morgan fingerprint density at radius 3 is 2.36 bits per heavy atom. The smallest absolute Gasteiger partial charge is 0.252 e. The van der Waals surface area contributed by atoms with Gasteiger partial charge >= 0.3 is 0 Å². The Kier molecular flexibility index (Phi) is 3.84. The first-order valence-electron chi connectivity index (χ1n) is 4.08. The van der Waals surface area contributed by atoms with E-state index in [4.69, 9.17) is 11.6 Å². The summed E-state index contributed by atoms with van der Waals surface area (Å²) in [4.78, 5) is 22.3. The quantitative estimate of drug-likeness (QED) is 0.626. The van der Waals surface area contributed by atoms with Crippen molar-refractivity contribution in [2.24, 2.45) is 0 Å². The molecule has 0 heterocycles. The summed E-state index contributed by atoms with van der Waals surface area (Å²) >= 11 is 8.54. The van der Waals surface area contributed by atoms with Gasteiger partial charge in [0, 0.05) is 22.0 Å². The van der Waals surface area contributed by atoms with Crippen LogP contribution in [0.2, 0.25) is 0 Å². The normalized spacial score (nSPS) is 9.93. The molecule has 4 heteroatoms. The second-order valence-corrected chi connectivity index (χ2v) is 4.04. The Bertz CT molecular complexity index is 388. The second kappa shape index (κ2) is 4.71. The molecule has 0 spiro atoms. The van der Waals surface area contributed by atoms with Crippen LogP contribution in [0.3, 0.4) is 0 Å². The molecule has 0 bridgehead atoms. The summed E-state index contributed by atoms with van der Waals surface area (Å²) in [6.07, 6.45) is 0.409. The Morgan fingerprint density at radius 1 is 1.29 bits per heavy atom. The monoisotopic (exact) mass is 274 g/mol. The third-order valence-corrected chi connectivity index (χ3v) is 2.44. The summed E-state index contributed by atoms with van der Waals surface area (Å²) < 4.78 is 0.681. The molecule has 0 N–H and O–H groups in total. The lowest BCUT2D eigenvalue weighted by atomic mass is 10.1. The van der Waals surface area contributed by atoms with Gasteiger partial charge in [-0.25, -0.2) is 0 Å². The van der Waals surface area contributed by atoms with Crippen LogP contribution in [-0.2, 0) is 0 Å². The molecule has 2 nitrogen and oxygen atoms in total. The third kappa shape index (κ3) is 2.66. The van der Waals surface area contributed by atoms with E-state index in [0.29, 0.717) is 22.0 Å². The average Bonchev–Trinajstić information content (AvgIpc) is 2.15. The van der Waals surface area contributed by atoms with Crippen LogP contribution in [0.25, 0.3) is 0 Å². The van der Waals surface area contributed by atoms with Crippen LogP contribution < -0.4 is 0 Å². The highest BCUT2D eigenvalue weighted by molar-refractivity contribution is 9.10. The van der Waals surface area contributed by atoms with Gasteiger partial charge in [0.25, 0.3) is 5.24 Å². The van der Waals surface area contributed by atoms with E-state index in [1.54, 1.807) is 19.1 Å². The summed E-state index contributed by atoms with van der Waals surface area (Å²) in [5.41, 5.74) is 0.837. The first-order valence-corrected chi connectivity index (χ1v) is 5.25. The summed E-state index contributed by atoms with van der Waals surface area (Å²) in [7, 11) is 0. The van der Waals surface area contributed by atoms with Crippen LogP contribution in [0.15, 0.2) is 22.7 Å². The van der Waals surface area contributed by atoms with Crippen molar-refractivity contribution in [1.29, 1.82) is 0 Å². The number of halogens is 2. The van der Waals surface area contributed by atoms with E-state index < -0.39 is 5.24 Å². The molecule has 0 unspecified atom stereocenters. The topological polar surface area (TPSA) is 34.1 Å². The molecule has 1 aromatic carbocycles. The van der Waals surface area contributed by atoms with E-state index in [2.05, 4.69) is 15.9 Å². The minimum atomic E-state index is -0.559. The predicted octanol–water partition coefficient (Wildman–Crippen LogP) is 3.42. The molecule has 0 aliphatic rings. The van der Waals surface area contributed by atoms with Crippen LogP contribution in [0, 0.1) is 0 Å². The van der Waals surface area contributed by atoms with Gasteiger partial charge in [-0.15, -0.1) is 0 Å². The molecule has 0 atom stereocenters. The molecule has 0 aliphatic heterocycles. The van der Waals surface area contributed by atoms with Crippen molar-refractivity contribution < 1.29 is 9.59 Å². The van der Waals surface area contributed by atoms with Gasteiger partial charge in [0.1, 0.15) is 0 Å². The lowest BCUT2D eigenvalue weighted by Gasteiger charge is -2.01. The molecule has 74 valence electrons. The van der Waals surface area contributed by atoms with Gasteiger partial charge in [0.05, 0.1) is 0 Å². The molecular formula is C10H8BrClO2. The van der Waals surface area contributed by atoms with Gasteiger partial charge in [-0.05, 0) is 29.8 Å². The molecule has 0 saturated carbocycles. The Hall–Kier alpha value is -0.670.